The van der Waals surface area contributed by atoms with Crippen molar-refractivity contribution in [2.75, 3.05) is 46.4 Å². The van der Waals surface area contributed by atoms with Gasteiger partial charge in [0.25, 0.3) is 0 Å². The first-order chi connectivity index (χ1) is 9.47. The monoisotopic (exact) mass is 284 g/mol. The Bertz CT molecular complexity index is 243. The van der Waals surface area contributed by atoms with E-state index in [-0.39, 0.29) is 0 Å². The molecule has 3 heteroatoms. The molecule has 0 bridgehead atoms. The Kier molecular flexibility index (Phi) is 8.74. The van der Waals surface area contributed by atoms with E-state index in [4.69, 9.17) is 4.74 Å². The smallest absolute Gasteiger partial charge is 0.0714 e. The summed E-state index contributed by atoms with van der Waals surface area (Å²) in [4.78, 5) is 5.03. The molecule has 120 valence electrons. The van der Waals surface area contributed by atoms with E-state index in [0.29, 0.717) is 6.10 Å². The van der Waals surface area contributed by atoms with Gasteiger partial charge in [-0.1, -0.05) is 27.7 Å². The van der Waals surface area contributed by atoms with Crippen molar-refractivity contribution in [1.82, 2.24) is 9.80 Å². The van der Waals surface area contributed by atoms with Gasteiger partial charge in [-0.25, -0.2) is 0 Å². The Morgan fingerprint density at radius 3 is 2.60 bits per heavy atom. The fourth-order valence-corrected chi connectivity index (χ4v) is 2.96. The average molecular weight is 284 g/mol. The lowest BCUT2D eigenvalue weighted by molar-refractivity contribution is -0.0355. The van der Waals surface area contributed by atoms with E-state index in [1.807, 2.05) is 0 Å². The van der Waals surface area contributed by atoms with Gasteiger partial charge in [0.05, 0.1) is 12.7 Å². The maximum Gasteiger partial charge on any atom is 0.0714 e. The quantitative estimate of drug-likeness (QED) is 0.647. The second-order valence-corrected chi connectivity index (χ2v) is 7.27. The number of rotatable bonds is 9. The molecule has 0 aromatic heterocycles. The highest BCUT2D eigenvalue weighted by molar-refractivity contribution is 4.73. The molecule has 1 rings (SSSR count). The molecule has 1 aliphatic heterocycles. The van der Waals surface area contributed by atoms with Crippen molar-refractivity contribution in [2.24, 2.45) is 11.8 Å². The maximum absolute atomic E-state index is 5.92. The van der Waals surface area contributed by atoms with Crippen molar-refractivity contribution in [1.29, 1.82) is 0 Å². The Morgan fingerprint density at radius 1 is 1.20 bits per heavy atom. The Balaban J connectivity index is 2.16. The van der Waals surface area contributed by atoms with Crippen LogP contribution in [0.15, 0.2) is 0 Å². The molecule has 1 heterocycles. The summed E-state index contributed by atoms with van der Waals surface area (Å²) < 4.78 is 5.92. The number of hydrogen-bond donors (Lipinski definition) is 0. The highest BCUT2D eigenvalue weighted by Gasteiger charge is 2.20. The van der Waals surface area contributed by atoms with Crippen LogP contribution in [0, 0.1) is 11.8 Å². The third kappa shape index (κ3) is 8.23. The van der Waals surface area contributed by atoms with E-state index in [9.17, 15) is 0 Å². The summed E-state index contributed by atoms with van der Waals surface area (Å²) >= 11 is 0. The minimum Gasteiger partial charge on any atom is -0.376 e. The zero-order chi connectivity index (χ0) is 15.0. The van der Waals surface area contributed by atoms with E-state index < -0.39 is 0 Å². The van der Waals surface area contributed by atoms with Gasteiger partial charge in [-0.05, 0) is 44.7 Å². The van der Waals surface area contributed by atoms with Gasteiger partial charge in [-0.3, -0.25) is 4.90 Å². The molecule has 1 saturated heterocycles. The van der Waals surface area contributed by atoms with Crippen molar-refractivity contribution in [2.45, 2.75) is 53.1 Å². The highest BCUT2D eigenvalue weighted by atomic mass is 16.5. The van der Waals surface area contributed by atoms with Crippen molar-refractivity contribution in [3.8, 4) is 0 Å². The largest absolute Gasteiger partial charge is 0.376 e. The second kappa shape index (κ2) is 9.75. The maximum atomic E-state index is 5.92. The van der Waals surface area contributed by atoms with Gasteiger partial charge in [0, 0.05) is 26.2 Å². The van der Waals surface area contributed by atoms with Gasteiger partial charge < -0.3 is 9.64 Å². The summed E-state index contributed by atoms with van der Waals surface area (Å²) in [5.74, 6) is 1.58. The minimum absolute atomic E-state index is 0.442. The van der Waals surface area contributed by atoms with Gasteiger partial charge >= 0.3 is 0 Å². The van der Waals surface area contributed by atoms with E-state index in [2.05, 4.69) is 44.5 Å². The normalized spacial score (nSPS) is 21.3. The van der Waals surface area contributed by atoms with Crippen LogP contribution in [0.4, 0.5) is 0 Å². The lowest BCUT2D eigenvalue weighted by Crippen LogP contribution is -2.44. The zero-order valence-corrected chi connectivity index (χ0v) is 14.4. The summed E-state index contributed by atoms with van der Waals surface area (Å²) in [6, 6.07) is 0. The molecule has 0 aromatic rings. The number of morpholine rings is 1. The topological polar surface area (TPSA) is 15.7 Å². The SMILES string of the molecule is CC(C)CCCN1CCO[C@H](CCN(C)CC(C)C)C1. The lowest BCUT2D eigenvalue weighted by Gasteiger charge is -2.34. The first-order valence-electron chi connectivity index (χ1n) is 8.50. The highest BCUT2D eigenvalue weighted by Crippen LogP contribution is 2.12. The summed E-state index contributed by atoms with van der Waals surface area (Å²) in [6.45, 7) is 15.9. The minimum atomic E-state index is 0.442. The zero-order valence-electron chi connectivity index (χ0n) is 14.4. The fraction of sp³-hybridized carbons (Fsp3) is 1.00. The van der Waals surface area contributed by atoms with Gasteiger partial charge in [0.2, 0.25) is 0 Å². The van der Waals surface area contributed by atoms with Gasteiger partial charge in [0.15, 0.2) is 0 Å². The van der Waals surface area contributed by atoms with Crippen molar-refractivity contribution in [3.05, 3.63) is 0 Å². The molecule has 1 fully saturated rings. The number of hydrogen-bond acceptors (Lipinski definition) is 3. The predicted octanol–water partition coefficient (Wildman–Crippen LogP) is 3.10. The molecule has 1 atom stereocenters. The van der Waals surface area contributed by atoms with Gasteiger partial charge in [-0.15, -0.1) is 0 Å². The molecule has 0 aliphatic carbocycles. The molecule has 0 radical (unpaired) electrons. The van der Waals surface area contributed by atoms with Crippen molar-refractivity contribution in [3.63, 3.8) is 0 Å². The molecule has 1 aliphatic rings. The van der Waals surface area contributed by atoms with Crippen molar-refractivity contribution >= 4 is 0 Å². The van der Waals surface area contributed by atoms with E-state index in [0.717, 1.165) is 38.1 Å². The van der Waals surface area contributed by atoms with Crippen molar-refractivity contribution < 1.29 is 4.74 Å². The molecular formula is C17H36N2O. The predicted molar refractivity (Wildman–Crippen MR) is 87.2 cm³/mol. The summed E-state index contributed by atoms with van der Waals surface area (Å²) in [6.07, 6.45) is 4.29. The molecule has 0 spiro atoms. The van der Waals surface area contributed by atoms with E-state index in [1.165, 1.54) is 32.4 Å². The van der Waals surface area contributed by atoms with E-state index >= 15 is 0 Å². The van der Waals surface area contributed by atoms with Crippen LogP contribution >= 0.6 is 0 Å². The van der Waals surface area contributed by atoms with Crippen LogP contribution in [0.1, 0.15) is 47.0 Å². The third-order valence-corrected chi connectivity index (χ3v) is 3.99. The number of nitrogens with zero attached hydrogens (tertiary/aromatic N) is 2. The van der Waals surface area contributed by atoms with Crippen LogP contribution in [0.3, 0.4) is 0 Å². The van der Waals surface area contributed by atoms with Crippen LogP contribution in [0.2, 0.25) is 0 Å². The van der Waals surface area contributed by atoms with E-state index in [1.54, 1.807) is 0 Å². The third-order valence-electron chi connectivity index (χ3n) is 3.99. The van der Waals surface area contributed by atoms with Crippen LogP contribution in [0.5, 0.6) is 0 Å². The molecule has 0 unspecified atom stereocenters. The molecule has 20 heavy (non-hydrogen) atoms. The van der Waals surface area contributed by atoms with Gasteiger partial charge in [-0.2, -0.15) is 0 Å². The summed E-state index contributed by atoms with van der Waals surface area (Å²) in [7, 11) is 2.23. The Hall–Kier alpha value is -0.120. The number of ether oxygens (including phenoxy) is 1. The Labute approximate surface area is 126 Å². The fourth-order valence-electron chi connectivity index (χ4n) is 2.96. The van der Waals surface area contributed by atoms with Crippen LogP contribution < -0.4 is 0 Å². The molecule has 0 saturated carbocycles. The summed E-state index contributed by atoms with van der Waals surface area (Å²) in [5.41, 5.74) is 0. The first-order valence-corrected chi connectivity index (χ1v) is 8.50. The van der Waals surface area contributed by atoms with Gasteiger partial charge in [0.1, 0.15) is 0 Å². The standard InChI is InChI=1S/C17H36N2O/c1-15(2)7-6-9-19-11-12-20-17(14-19)8-10-18(5)13-16(3)4/h15-17H,6-14H2,1-5H3/t17-/m1/s1. The average Bonchev–Trinajstić information content (AvgIpc) is 2.36. The van der Waals surface area contributed by atoms with Crippen LogP contribution in [-0.4, -0.2) is 62.3 Å². The first kappa shape index (κ1) is 17.9. The molecule has 0 N–H and O–H groups in total. The lowest BCUT2D eigenvalue weighted by atomic mass is 10.1. The molecule has 0 amide bonds. The summed E-state index contributed by atoms with van der Waals surface area (Å²) in [5, 5.41) is 0. The second-order valence-electron chi connectivity index (χ2n) is 7.27. The Morgan fingerprint density at radius 2 is 1.95 bits per heavy atom. The molecular weight excluding hydrogens is 248 g/mol. The van der Waals surface area contributed by atoms with Crippen LogP contribution in [-0.2, 0) is 4.74 Å². The molecule has 3 nitrogen and oxygen atoms in total. The molecule has 0 aromatic carbocycles. The van der Waals surface area contributed by atoms with Crippen LogP contribution in [0.25, 0.3) is 0 Å².